The Balaban J connectivity index is 1.41. The van der Waals surface area contributed by atoms with E-state index in [9.17, 15) is 4.55 Å². The Morgan fingerprint density at radius 1 is 1.11 bits per heavy atom. The molecule has 5 rings (SSSR count). The number of H-pyrrole nitrogens is 1. The second-order valence-corrected chi connectivity index (χ2v) is 10.5. The number of hydrogen-bond donors (Lipinski definition) is 3. The van der Waals surface area contributed by atoms with E-state index < -0.39 is 11.4 Å². The van der Waals surface area contributed by atoms with Gasteiger partial charge in [0, 0.05) is 11.9 Å². The Morgan fingerprint density at radius 2 is 1.89 bits per heavy atom. The molecule has 1 aliphatic rings. The molecule has 3 N–H and O–H groups in total. The molecule has 0 spiro atoms. The van der Waals surface area contributed by atoms with Crippen LogP contribution < -0.4 is 14.9 Å². The molecule has 8 nitrogen and oxygen atoms in total. The fourth-order valence-electron chi connectivity index (χ4n) is 4.60. The average Bonchev–Trinajstić information content (AvgIpc) is 3.34. The summed E-state index contributed by atoms with van der Waals surface area (Å²) in [4.78, 5) is 14.7. The van der Waals surface area contributed by atoms with Gasteiger partial charge in [0.25, 0.3) is 0 Å². The van der Waals surface area contributed by atoms with Gasteiger partial charge in [0.2, 0.25) is 5.95 Å². The number of likely N-dealkylation sites (tertiary alicyclic amines) is 1. The molecule has 1 atom stereocenters. The van der Waals surface area contributed by atoms with Gasteiger partial charge in [0.15, 0.2) is 0 Å². The number of nitrogens with zero attached hydrogens (tertiary/aromatic N) is 4. The third kappa shape index (κ3) is 5.11. The van der Waals surface area contributed by atoms with Crippen LogP contribution in [0.15, 0.2) is 54.7 Å². The summed E-state index contributed by atoms with van der Waals surface area (Å²) in [7, 11) is 3.88. The molecule has 1 fully saturated rings. The minimum atomic E-state index is -1.18. The van der Waals surface area contributed by atoms with Crippen LogP contribution >= 0.6 is 0 Å². The van der Waals surface area contributed by atoms with Crippen molar-refractivity contribution < 1.29 is 8.94 Å². The standard InChI is InChI=1S/C26H30FN7OS/c1-33-14-11-17(12-15-33)19-9-8-18(16-21(19)27)29-26-31-24-20(10-13-28-24)25(32-26)30-22-6-4-5-7-23(22)34(2)36(3)35/h4-10,13,16-17H,11-12,14-15H2,1-3H3,(H3,28,29,30,31,32). The number of halogens is 1. The van der Waals surface area contributed by atoms with Gasteiger partial charge in [-0.2, -0.15) is 14.3 Å². The molecule has 4 aromatic rings. The summed E-state index contributed by atoms with van der Waals surface area (Å²) in [6.07, 6.45) is 5.35. The van der Waals surface area contributed by atoms with Crippen LogP contribution in [0.1, 0.15) is 24.3 Å². The maximum Gasteiger partial charge on any atom is 0.231 e. The van der Waals surface area contributed by atoms with Gasteiger partial charge >= 0.3 is 0 Å². The number of nitrogens with one attached hydrogen (secondary N) is 3. The number of para-hydroxylation sites is 2. The van der Waals surface area contributed by atoms with Crippen LogP contribution in [0.25, 0.3) is 11.0 Å². The maximum absolute atomic E-state index is 15.0. The fraction of sp³-hybridized carbons (Fsp3) is 0.308. The molecule has 2 aromatic carbocycles. The van der Waals surface area contributed by atoms with Crippen molar-refractivity contribution in [2.45, 2.75) is 18.8 Å². The lowest BCUT2D eigenvalue weighted by atomic mass is 9.89. The van der Waals surface area contributed by atoms with E-state index in [0.717, 1.165) is 48.3 Å². The van der Waals surface area contributed by atoms with E-state index in [-0.39, 0.29) is 11.7 Å². The zero-order valence-electron chi connectivity index (χ0n) is 20.6. The van der Waals surface area contributed by atoms with Crippen LogP contribution in [0.2, 0.25) is 0 Å². The largest absolute Gasteiger partial charge is 0.593 e. The monoisotopic (exact) mass is 507 g/mol. The molecule has 10 heteroatoms. The van der Waals surface area contributed by atoms with E-state index in [0.29, 0.717) is 23.1 Å². The lowest BCUT2D eigenvalue weighted by molar-refractivity contribution is 0.253. The SMILES string of the molecule is CN1CCC(c2ccc(Nc3nc(Nc4ccccc4N(C)[S+](C)[O-])c4cc[nH]c4n3)cc2F)CC1. The molecular weight excluding hydrogens is 477 g/mol. The summed E-state index contributed by atoms with van der Waals surface area (Å²) in [6, 6.07) is 14.8. The molecule has 0 amide bonds. The summed E-state index contributed by atoms with van der Waals surface area (Å²) < 4.78 is 28.8. The van der Waals surface area contributed by atoms with Gasteiger partial charge in [-0.15, -0.1) is 0 Å². The number of piperidine rings is 1. The van der Waals surface area contributed by atoms with Gasteiger partial charge in [0.1, 0.15) is 29.2 Å². The van der Waals surface area contributed by atoms with Crippen LogP contribution in [-0.4, -0.2) is 57.8 Å². The number of aromatic nitrogens is 3. The van der Waals surface area contributed by atoms with E-state index in [1.807, 2.05) is 42.5 Å². The number of aromatic amines is 1. The first-order valence-electron chi connectivity index (χ1n) is 11.9. The highest BCUT2D eigenvalue weighted by molar-refractivity contribution is 7.92. The van der Waals surface area contributed by atoms with Crippen molar-refractivity contribution in [1.82, 2.24) is 19.9 Å². The zero-order chi connectivity index (χ0) is 25.2. The summed E-state index contributed by atoms with van der Waals surface area (Å²) in [5.74, 6) is 0.949. The number of fused-ring (bicyclic) bond motifs is 1. The second kappa shape index (κ2) is 10.3. The third-order valence-corrected chi connectivity index (χ3v) is 7.68. The minimum Gasteiger partial charge on any atom is -0.593 e. The number of hydrogen-bond acceptors (Lipinski definition) is 7. The number of anilines is 5. The Hall–Kier alpha value is -3.34. The zero-order valence-corrected chi connectivity index (χ0v) is 21.4. The number of rotatable bonds is 7. The van der Waals surface area contributed by atoms with Gasteiger partial charge in [-0.25, -0.2) is 4.39 Å². The van der Waals surface area contributed by atoms with Crippen molar-refractivity contribution in [3.63, 3.8) is 0 Å². The molecule has 36 heavy (non-hydrogen) atoms. The highest BCUT2D eigenvalue weighted by Crippen LogP contribution is 2.33. The minimum absolute atomic E-state index is 0.210. The van der Waals surface area contributed by atoms with Crippen molar-refractivity contribution in [2.75, 3.05) is 48.4 Å². The van der Waals surface area contributed by atoms with Gasteiger partial charge < -0.3 is 25.1 Å². The average molecular weight is 508 g/mol. The van der Waals surface area contributed by atoms with E-state index in [2.05, 4.69) is 37.5 Å². The lowest BCUT2D eigenvalue weighted by Crippen LogP contribution is -2.29. The highest BCUT2D eigenvalue weighted by Gasteiger charge is 2.22. The Kier molecular flexibility index (Phi) is 6.99. The highest BCUT2D eigenvalue weighted by atomic mass is 32.2. The van der Waals surface area contributed by atoms with Crippen LogP contribution in [0.4, 0.5) is 33.2 Å². The van der Waals surface area contributed by atoms with Crippen molar-refractivity contribution in [1.29, 1.82) is 0 Å². The first-order valence-corrected chi connectivity index (χ1v) is 13.4. The maximum atomic E-state index is 15.0. The van der Waals surface area contributed by atoms with Gasteiger partial charge in [-0.3, -0.25) is 0 Å². The Labute approximate surface area is 213 Å². The molecule has 0 radical (unpaired) electrons. The van der Waals surface area contributed by atoms with Crippen LogP contribution in [0.3, 0.4) is 0 Å². The van der Waals surface area contributed by atoms with E-state index >= 15 is 4.39 Å². The summed E-state index contributed by atoms with van der Waals surface area (Å²) in [5.41, 5.74) is 3.54. The molecule has 3 heterocycles. The Bertz CT molecular complexity index is 1350. The molecule has 2 aromatic heterocycles. The normalized spacial score (nSPS) is 15.7. The van der Waals surface area contributed by atoms with Gasteiger partial charge in [-0.1, -0.05) is 18.2 Å². The van der Waals surface area contributed by atoms with Crippen LogP contribution in [-0.2, 0) is 11.4 Å². The van der Waals surface area contributed by atoms with Crippen molar-refractivity contribution in [2.24, 2.45) is 0 Å². The molecule has 0 saturated carbocycles. The van der Waals surface area contributed by atoms with Gasteiger partial charge in [-0.05, 0) is 74.8 Å². The quantitative estimate of drug-likeness (QED) is 0.299. The smallest absolute Gasteiger partial charge is 0.231 e. The summed E-state index contributed by atoms with van der Waals surface area (Å²) >= 11 is -1.18. The van der Waals surface area contributed by atoms with Crippen molar-refractivity contribution in [3.8, 4) is 0 Å². The second-order valence-electron chi connectivity index (χ2n) is 9.14. The van der Waals surface area contributed by atoms with Crippen molar-refractivity contribution in [3.05, 3.63) is 66.1 Å². The van der Waals surface area contributed by atoms with Crippen molar-refractivity contribution >= 4 is 51.2 Å². The van der Waals surface area contributed by atoms with E-state index in [4.69, 9.17) is 0 Å². The fourth-order valence-corrected chi connectivity index (χ4v) is 5.03. The molecule has 0 bridgehead atoms. The molecular formula is C26H30FN7OS. The first-order chi connectivity index (χ1) is 17.4. The Morgan fingerprint density at radius 3 is 2.64 bits per heavy atom. The summed E-state index contributed by atoms with van der Waals surface area (Å²) in [6.45, 7) is 1.97. The predicted octanol–water partition coefficient (Wildman–Crippen LogP) is 5.12. The molecule has 0 aliphatic carbocycles. The van der Waals surface area contributed by atoms with E-state index in [1.165, 1.54) is 6.07 Å². The van der Waals surface area contributed by atoms with E-state index in [1.54, 1.807) is 23.8 Å². The molecule has 188 valence electrons. The topological polar surface area (TPSA) is 95.2 Å². The number of benzene rings is 2. The van der Waals surface area contributed by atoms with Crippen LogP contribution in [0.5, 0.6) is 0 Å². The molecule has 1 unspecified atom stereocenters. The summed E-state index contributed by atoms with van der Waals surface area (Å²) in [5, 5.41) is 7.33. The molecule has 1 aliphatic heterocycles. The van der Waals surface area contributed by atoms with Crippen LogP contribution in [0, 0.1) is 5.82 Å². The first kappa shape index (κ1) is 24.4. The lowest BCUT2D eigenvalue weighted by Gasteiger charge is -2.29. The molecule has 1 saturated heterocycles. The predicted molar refractivity (Wildman–Crippen MR) is 145 cm³/mol. The van der Waals surface area contributed by atoms with Gasteiger partial charge in [0.05, 0.1) is 29.5 Å². The third-order valence-electron chi connectivity index (χ3n) is 6.71.